The largest absolute Gasteiger partial charge is 0.481 e. The summed E-state index contributed by atoms with van der Waals surface area (Å²) >= 11 is 0. The van der Waals surface area contributed by atoms with E-state index in [4.69, 9.17) is 5.11 Å². The number of hydrogen-bond acceptors (Lipinski definition) is 2. The van der Waals surface area contributed by atoms with Gasteiger partial charge in [0.2, 0.25) is 5.91 Å². The number of hydrogen-bond donors (Lipinski definition) is 1. The molecule has 17 heavy (non-hydrogen) atoms. The van der Waals surface area contributed by atoms with Gasteiger partial charge >= 0.3 is 5.97 Å². The molecule has 0 radical (unpaired) electrons. The van der Waals surface area contributed by atoms with E-state index in [0.717, 1.165) is 19.5 Å². The molecule has 1 heterocycles. The second-order valence-corrected chi connectivity index (χ2v) is 4.88. The average molecular weight is 241 g/mol. The van der Waals surface area contributed by atoms with Gasteiger partial charge in [0.25, 0.3) is 0 Å². The van der Waals surface area contributed by atoms with Crippen LogP contribution in [-0.4, -0.2) is 35.0 Å². The number of rotatable bonds is 7. The lowest BCUT2D eigenvalue weighted by Crippen LogP contribution is -2.28. The van der Waals surface area contributed by atoms with Crippen LogP contribution in [-0.2, 0) is 9.59 Å². The molecular formula is C13H23NO3. The van der Waals surface area contributed by atoms with E-state index in [2.05, 4.69) is 6.92 Å². The van der Waals surface area contributed by atoms with Crippen molar-refractivity contribution in [2.24, 2.45) is 5.92 Å². The van der Waals surface area contributed by atoms with Gasteiger partial charge in [-0.25, -0.2) is 0 Å². The average Bonchev–Trinajstić information content (AvgIpc) is 2.73. The molecule has 0 aromatic heterocycles. The van der Waals surface area contributed by atoms with Crippen molar-refractivity contribution in [2.45, 2.75) is 51.9 Å². The third kappa shape index (κ3) is 5.20. The van der Waals surface area contributed by atoms with E-state index in [9.17, 15) is 9.59 Å². The van der Waals surface area contributed by atoms with Gasteiger partial charge < -0.3 is 10.0 Å². The van der Waals surface area contributed by atoms with Crippen molar-refractivity contribution >= 4 is 11.9 Å². The Hall–Kier alpha value is -1.06. The number of amides is 1. The normalized spacial score (nSPS) is 19.6. The predicted molar refractivity (Wildman–Crippen MR) is 65.7 cm³/mol. The Balaban J connectivity index is 2.14. The fraction of sp³-hybridized carbons (Fsp3) is 0.846. The molecule has 0 saturated carbocycles. The maximum absolute atomic E-state index is 11.8. The third-order valence-corrected chi connectivity index (χ3v) is 3.37. The number of likely N-dealkylation sites (tertiary alicyclic amines) is 1. The van der Waals surface area contributed by atoms with Gasteiger partial charge in [-0.2, -0.15) is 0 Å². The Morgan fingerprint density at radius 2 is 2.00 bits per heavy atom. The highest BCUT2D eigenvalue weighted by Crippen LogP contribution is 2.21. The van der Waals surface area contributed by atoms with Gasteiger partial charge in [-0.05, 0) is 31.6 Å². The first-order chi connectivity index (χ1) is 8.13. The molecule has 4 heteroatoms. The summed E-state index contributed by atoms with van der Waals surface area (Å²) in [5.74, 6) is 0.110. The minimum Gasteiger partial charge on any atom is -0.481 e. The molecule has 1 aliphatic rings. The van der Waals surface area contributed by atoms with Crippen molar-refractivity contribution in [1.82, 2.24) is 4.90 Å². The molecule has 1 rings (SSSR count). The number of carboxylic acid groups (broad SMARTS) is 1. The Morgan fingerprint density at radius 1 is 1.29 bits per heavy atom. The van der Waals surface area contributed by atoms with Gasteiger partial charge in [0.05, 0.1) is 0 Å². The van der Waals surface area contributed by atoms with Crippen molar-refractivity contribution in [3.8, 4) is 0 Å². The van der Waals surface area contributed by atoms with Crippen molar-refractivity contribution in [3.05, 3.63) is 0 Å². The number of carbonyl (C=O) groups is 2. The van der Waals surface area contributed by atoms with Crippen LogP contribution < -0.4 is 0 Å². The highest BCUT2D eigenvalue weighted by atomic mass is 16.4. The predicted octanol–water partition coefficient (Wildman–Crippen LogP) is 2.28. The van der Waals surface area contributed by atoms with Gasteiger partial charge in [0.15, 0.2) is 0 Å². The standard InChI is InChI=1S/C13H23NO3/c1-2-5-11-8-9-14(10-11)12(15)6-3-4-7-13(16)17/h11H,2-10H2,1H3,(H,16,17). The molecular weight excluding hydrogens is 218 g/mol. The van der Waals surface area contributed by atoms with Crippen LogP contribution in [0.15, 0.2) is 0 Å². The van der Waals surface area contributed by atoms with Gasteiger partial charge in [0.1, 0.15) is 0 Å². The first kappa shape index (κ1) is 14.0. The molecule has 1 aliphatic heterocycles. The van der Waals surface area contributed by atoms with E-state index in [1.165, 1.54) is 12.8 Å². The maximum atomic E-state index is 11.8. The van der Waals surface area contributed by atoms with Gasteiger partial charge in [-0.15, -0.1) is 0 Å². The van der Waals surface area contributed by atoms with E-state index in [-0.39, 0.29) is 12.3 Å². The van der Waals surface area contributed by atoms with Crippen molar-refractivity contribution in [3.63, 3.8) is 0 Å². The lowest BCUT2D eigenvalue weighted by molar-refractivity contribution is -0.137. The van der Waals surface area contributed by atoms with Crippen LogP contribution in [0.3, 0.4) is 0 Å². The zero-order chi connectivity index (χ0) is 12.7. The lowest BCUT2D eigenvalue weighted by Gasteiger charge is -2.16. The number of unbranched alkanes of at least 4 members (excludes halogenated alkanes) is 1. The molecule has 4 nitrogen and oxygen atoms in total. The third-order valence-electron chi connectivity index (χ3n) is 3.37. The molecule has 1 unspecified atom stereocenters. The quantitative estimate of drug-likeness (QED) is 0.696. The zero-order valence-corrected chi connectivity index (χ0v) is 10.7. The molecule has 0 aromatic rings. The Labute approximate surface area is 103 Å². The smallest absolute Gasteiger partial charge is 0.303 e. The highest BCUT2D eigenvalue weighted by molar-refractivity contribution is 5.76. The van der Waals surface area contributed by atoms with Crippen LogP contribution in [0.5, 0.6) is 0 Å². The number of carboxylic acids is 1. The molecule has 0 aromatic carbocycles. The molecule has 1 saturated heterocycles. The first-order valence-corrected chi connectivity index (χ1v) is 6.63. The summed E-state index contributed by atoms with van der Waals surface area (Å²) < 4.78 is 0. The highest BCUT2D eigenvalue weighted by Gasteiger charge is 2.24. The summed E-state index contributed by atoms with van der Waals surface area (Å²) in [6, 6.07) is 0. The summed E-state index contributed by atoms with van der Waals surface area (Å²) in [5.41, 5.74) is 0. The van der Waals surface area contributed by atoms with E-state index in [0.29, 0.717) is 25.2 Å². The van der Waals surface area contributed by atoms with Crippen LogP contribution in [0.1, 0.15) is 51.9 Å². The van der Waals surface area contributed by atoms with Crippen LogP contribution >= 0.6 is 0 Å². The van der Waals surface area contributed by atoms with Crippen molar-refractivity contribution in [2.75, 3.05) is 13.1 Å². The van der Waals surface area contributed by atoms with Crippen LogP contribution in [0.2, 0.25) is 0 Å². The zero-order valence-electron chi connectivity index (χ0n) is 10.7. The van der Waals surface area contributed by atoms with Gasteiger partial charge in [-0.1, -0.05) is 13.3 Å². The fourth-order valence-electron chi connectivity index (χ4n) is 2.41. The number of aliphatic carboxylic acids is 1. The van der Waals surface area contributed by atoms with Gasteiger partial charge in [-0.3, -0.25) is 9.59 Å². The molecule has 1 atom stereocenters. The first-order valence-electron chi connectivity index (χ1n) is 6.63. The summed E-state index contributed by atoms with van der Waals surface area (Å²) in [5, 5.41) is 8.49. The van der Waals surface area contributed by atoms with Crippen LogP contribution in [0, 0.1) is 5.92 Å². The van der Waals surface area contributed by atoms with Crippen LogP contribution in [0.25, 0.3) is 0 Å². The number of carbonyl (C=O) groups excluding carboxylic acids is 1. The molecule has 1 fully saturated rings. The molecule has 0 bridgehead atoms. The molecule has 1 N–H and O–H groups in total. The SMILES string of the molecule is CCCC1CCN(C(=O)CCCCC(=O)O)C1. The Kier molecular flexibility index (Phi) is 6.01. The van der Waals surface area contributed by atoms with E-state index < -0.39 is 5.97 Å². The van der Waals surface area contributed by atoms with Crippen molar-refractivity contribution < 1.29 is 14.7 Å². The monoisotopic (exact) mass is 241 g/mol. The second-order valence-electron chi connectivity index (χ2n) is 4.88. The summed E-state index contributed by atoms with van der Waals surface area (Å²) in [4.78, 5) is 24.1. The summed E-state index contributed by atoms with van der Waals surface area (Å²) in [7, 11) is 0. The Morgan fingerprint density at radius 3 is 2.65 bits per heavy atom. The number of nitrogens with zero attached hydrogens (tertiary/aromatic N) is 1. The molecule has 0 aliphatic carbocycles. The second kappa shape index (κ2) is 7.30. The molecule has 98 valence electrons. The van der Waals surface area contributed by atoms with Crippen LogP contribution in [0.4, 0.5) is 0 Å². The minimum absolute atomic E-state index is 0.172. The fourth-order valence-corrected chi connectivity index (χ4v) is 2.41. The van der Waals surface area contributed by atoms with Crippen molar-refractivity contribution in [1.29, 1.82) is 0 Å². The van der Waals surface area contributed by atoms with E-state index in [1.54, 1.807) is 0 Å². The summed E-state index contributed by atoms with van der Waals surface area (Å²) in [6.07, 6.45) is 5.51. The Bertz CT molecular complexity index is 265. The van der Waals surface area contributed by atoms with E-state index >= 15 is 0 Å². The summed E-state index contributed by atoms with van der Waals surface area (Å²) in [6.45, 7) is 3.98. The minimum atomic E-state index is -0.776. The lowest BCUT2D eigenvalue weighted by atomic mass is 10.0. The van der Waals surface area contributed by atoms with E-state index in [1.807, 2.05) is 4.90 Å². The topological polar surface area (TPSA) is 57.6 Å². The maximum Gasteiger partial charge on any atom is 0.303 e. The molecule has 0 spiro atoms. The molecule has 1 amide bonds. The van der Waals surface area contributed by atoms with Gasteiger partial charge in [0, 0.05) is 25.9 Å².